The van der Waals surface area contributed by atoms with Crippen molar-refractivity contribution in [3.05, 3.63) is 83.4 Å². The first kappa shape index (κ1) is 29.5. The summed E-state index contributed by atoms with van der Waals surface area (Å²) in [7, 11) is -4.06. The number of esters is 1. The van der Waals surface area contributed by atoms with E-state index >= 15 is 0 Å². The third-order valence-electron chi connectivity index (χ3n) is 8.81. The summed E-state index contributed by atoms with van der Waals surface area (Å²) in [4.78, 5) is 25.6. The van der Waals surface area contributed by atoms with E-state index in [0.717, 1.165) is 18.4 Å². The van der Waals surface area contributed by atoms with Gasteiger partial charge in [-0.05, 0) is 85.7 Å². The van der Waals surface area contributed by atoms with Crippen LogP contribution in [-0.4, -0.2) is 61.2 Å². The zero-order valence-corrected chi connectivity index (χ0v) is 25.5. The fourth-order valence-electron chi connectivity index (χ4n) is 6.54. The van der Waals surface area contributed by atoms with Crippen LogP contribution in [0.15, 0.2) is 71.6 Å². The number of amides is 1. The predicted molar refractivity (Wildman–Crippen MR) is 165 cm³/mol. The molecule has 1 saturated carbocycles. The van der Waals surface area contributed by atoms with Crippen molar-refractivity contribution in [3.63, 3.8) is 0 Å². The lowest BCUT2D eigenvalue weighted by molar-refractivity contribution is 0.0600. The molecule has 228 valence electrons. The van der Waals surface area contributed by atoms with Crippen LogP contribution in [0.1, 0.15) is 52.0 Å². The highest BCUT2D eigenvalue weighted by molar-refractivity contribution is 8.24. The number of hydrogen-bond acceptors (Lipinski definition) is 8. The van der Waals surface area contributed by atoms with E-state index in [4.69, 9.17) is 9.47 Å². The second kappa shape index (κ2) is 10.8. The molecule has 2 aliphatic heterocycles. The minimum Gasteiger partial charge on any atom is -0.497 e. The molecule has 1 aliphatic carbocycles. The van der Waals surface area contributed by atoms with Crippen molar-refractivity contribution in [3.8, 4) is 5.75 Å². The lowest BCUT2D eigenvalue weighted by Crippen LogP contribution is -2.51. The van der Waals surface area contributed by atoms with Crippen molar-refractivity contribution in [2.45, 2.75) is 42.0 Å². The smallest absolute Gasteiger partial charge is 0.337 e. The van der Waals surface area contributed by atoms with E-state index in [2.05, 4.69) is 5.32 Å². The molecule has 1 spiro atoms. The molecule has 12 heteroatoms. The average molecular weight is 627 g/mol. The Kier molecular flexibility index (Phi) is 7.44. The van der Waals surface area contributed by atoms with E-state index < -0.39 is 43.9 Å². The summed E-state index contributed by atoms with van der Waals surface area (Å²) in [5.74, 6) is -0.0858. The van der Waals surface area contributed by atoms with E-state index in [0.29, 0.717) is 41.1 Å². The van der Waals surface area contributed by atoms with Crippen LogP contribution in [-0.2, 0) is 20.2 Å². The highest BCUT2D eigenvalue weighted by atomic mass is 32.3. The molecule has 3 aliphatic rings. The van der Waals surface area contributed by atoms with Crippen molar-refractivity contribution in [1.82, 2.24) is 0 Å². The number of carbonyl (C=O) groups excluding carboxylic acids is 2. The monoisotopic (exact) mass is 626 g/mol. The van der Waals surface area contributed by atoms with Crippen LogP contribution >= 0.6 is 10.6 Å². The van der Waals surface area contributed by atoms with E-state index in [1.165, 1.54) is 30.7 Å². The highest BCUT2D eigenvalue weighted by Crippen LogP contribution is 2.63. The van der Waals surface area contributed by atoms with E-state index in [-0.39, 0.29) is 22.3 Å². The molecule has 3 N–H and O–H groups in total. The third-order valence-corrected chi connectivity index (χ3v) is 12.3. The first-order chi connectivity index (χ1) is 20.5. The van der Waals surface area contributed by atoms with Gasteiger partial charge in [-0.3, -0.25) is 18.2 Å². The van der Waals surface area contributed by atoms with Gasteiger partial charge in [0, 0.05) is 34.2 Å². The number of carbonyl (C=O) groups is 2. The molecule has 2 heterocycles. The number of anilines is 2. The molecule has 43 heavy (non-hydrogen) atoms. The summed E-state index contributed by atoms with van der Waals surface area (Å²) in [5, 5.41) is 2.83. The number of methoxy groups -OCH3 is 2. The molecule has 1 saturated heterocycles. The van der Waals surface area contributed by atoms with Gasteiger partial charge in [-0.2, -0.15) is 10.6 Å². The Hall–Kier alpha value is -3.58. The van der Waals surface area contributed by atoms with Crippen LogP contribution in [0.3, 0.4) is 0 Å². The zero-order chi connectivity index (χ0) is 30.6. The van der Waals surface area contributed by atoms with Crippen LogP contribution in [0.25, 0.3) is 0 Å². The van der Waals surface area contributed by atoms with Gasteiger partial charge in [0.05, 0.1) is 36.4 Å². The van der Waals surface area contributed by atoms with E-state index in [9.17, 15) is 27.1 Å². The van der Waals surface area contributed by atoms with Crippen LogP contribution in [0.5, 0.6) is 5.75 Å². The SMILES string of the molecule is COC(=O)c1cccc(NC(=O)c2ccc3c(c2)C2(CCS(O)(O)CC2)C(C2CC2)N3S(=O)(=O)c2cccc(OC)c2)c1. The summed E-state index contributed by atoms with van der Waals surface area (Å²) in [5.41, 5.74) is 1.57. The lowest BCUT2D eigenvalue weighted by Gasteiger charge is -2.48. The average Bonchev–Trinajstić information content (AvgIpc) is 3.81. The maximum Gasteiger partial charge on any atom is 0.337 e. The summed E-state index contributed by atoms with van der Waals surface area (Å²) in [6, 6.07) is 17.4. The Labute approximate surface area is 252 Å². The van der Waals surface area contributed by atoms with Gasteiger partial charge in [0.15, 0.2) is 0 Å². The molecule has 10 nitrogen and oxygen atoms in total. The van der Waals surface area contributed by atoms with Crippen LogP contribution < -0.4 is 14.4 Å². The Bertz CT molecular complexity index is 1690. The molecule has 6 rings (SSSR count). The van der Waals surface area contributed by atoms with Gasteiger partial charge in [-0.1, -0.05) is 12.1 Å². The van der Waals surface area contributed by atoms with Gasteiger partial charge in [0.1, 0.15) is 5.75 Å². The first-order valence-electron chi connectivity index (χ1n) is 14.1. The van der Waals surface area contributed by atoms with Crippen LogP contribution in [0.2, 0.25) is 0 Å². The van der Waals surface area contributed by atoms with Gasteiger partial charge < -0.3 is 14.8 Å². The number of rotatable bonds is 7. The maximum absolute atomic E-state index is 14.4. The molecule has 0 bridgehead atoms. The quantitative estimate of drug-likeness (QED) is 0.292. The number of benzene rings is 3. The van der Waals surface area contributed by atoms with Crippen molar-refractivity contribution in [2.24, 2.45) is 5.92 Å². The predicted octanol–water partition coefficient (Wildman–Crippen LogP) is 5.50. The second-order valence-electron chi connectivity index (χ2n) is 11.4. The molecule has 2 fully saturated rings. The van der Waals surface area contributed by atoms with E-state index in [1.807, 2.05) is 0 Å². The maximum atomic E-state index is 14.4. The summed E-state index contributed by atoms with van der Waals surface area (Å²) in [6.07, 6.45) is 2.51. The fraction of sp³-hybridized carbons (Fsp3) is 0.355. The normalized spacial score (nSPS) is 21.1. The largest absolute Gasteiger partial charge is 0.497 e. The second-order valence-corrected chi connectivity index (χ2v) is 15.6. The zero-order valence-electron chi connectivity index (χ0n) is 23.9. The Balaban J connectivity index is 1.44. The molecule has 1 unspecified atom stereocenters. The third kappa shape index (κ3) is 5.26. The lowest BCUT2D eigenvalue weighted by atomic mass is 9.70. The van der Waals surface area contributed by atoms with E-state index in [1.54, 1.807) is 54.6 Å². The Morgan fingerprint density at radius 1 is 0.953 bits per heavy atom. The van der Waals surface area contributed by atoms with Gasteiger partial charge in [-0.15, -0.1) is 0 Å². The molecule has 0 radical (unpaired) electrons. The molecular formula is C31H34N2O8S2. The highest BCUT2D eigenvalue weighted by Gasteiger charge is 2.60. The van der Waals surface area contributed by atoms with Crippen molar-refractivity contribution >= 4 is 43.9 Å². The Morgan fingerprint density at radius 2 is 1.67 bits per heavy atom. The summed E-state index contributed by atoms with van der Waals surface area (Å²) < 4.78 is 61.5. The minimum absolute atomic E-state index is 0.103. The summed E-state index contributed by atoms with van der Waals surface area (Å²) >= 11 is 0. The number of nitrogens with zero attached hydrogens (tertiary/aromatic N) is 1. The topological polar surface area (TPSA) is 142 Å². The number of fused-ring (bicyclic) bond motifs is 2. The molecule has 0 aromatic heterocycles. The van der Waals surface area contributed by atoms with Gasteiger partial charge in [0.2, 0.25) is 0 Å². The summed E-state index contributed by atoms with van der Waals surface area (Å²) in [6.45, 7) is 0. The molecule has 1 atom stereocenters. The number of nitrogens with one attached hydrogen (secondary N) is 1. The van der Waals surface area contributed by atoms with Crippen molar-refractivity contribution in [2.75, 3.05) is 35.3 Å². The number of sulfonamides is 1. The van der Waals surface area contributed by atoms with Gasteiger partial charge in [0.25, 0.3) is 15.9 Å². The van der Waals surface area contributed by atoms with Crippen LogP contribution in [0.4, 0.5) is 11.4 Å². The fourth-order valence-corrected chi connectivity index (χ4v) is 9.96. The molecule has 3 aromatic rings. The first-order valence-corrected chi connectivity index (χ1v) is 17.4. The molecular weight excluding hydrogens is 592 g/mol. The molecule has 1 amide bonds. The van der Waals surface area contributed by atoms with Gasteiger partial charge >= 0.3 is 5.97 Å². The van der Waals surface area contributed by atoms with Crippen molar-refractivity contribution < 1.29 is 36.6 Å². The number of ether oxygens (including phenoxy) is 2. The van der Waals surface area contributed by atoms with Crippen molar-refractivity contribution in [1.29, 1.82) is 0 Å². The van der Waals surface area contributed by atoms with Crippen LogP contribution in [0, 0.1) is 5.92 Å². The van der Waals surface area contributed by atoms with Gasteiger partial charge in [-0.25, -0.2) is 13.2 Å². The Morgan fingerprint density at radius 3 is 2.35 bits per heavy atom. The number of hydrogen-bond donors (Lipinski definition) is 3. The standard InChI is InChI=1S/C31H34N2O8S2/c1-40-24-7-4-8-25(19-24)43(38,39)33-27-12-11-21(29(34)32-23-6-3-5-22(17-23)30(35)41-2)18-26(27)31(28(33)20-9-10-20)13-15-42(36,37)16-14-31/h3-8,11-12,17-20,28,36-37H,9-10,13-16H2,1-2H3,(H,32,34). The molecule has 3 aromatic carbocycles. The minimum atomic E-state index is -4.05.